The van der Waals surface area contributed by atoms with Crippen LogP contribution in [-0.2, 0) is 9.53 Å². The second kappa shape index (κ2) is 8.57. The molecule has 0 spiro atoms. The first-order valence-corrected chi connectivity index (χ1v) is 4.96. The molecule has 1 aliphatic rings. The summed E-state index contributed by atoms with van der Waals surface area (Å²) in [7, 11) is 0. The van der Waals surface area contributed by atoms with E-state index in [2.05, 4.69) is 18.6 Å². The fraction of sp³-hybridized carbons (Fsp3) is 0.900. The summed E-state index contributed by atoms with van der Waals surface area (Å²) in [6, 6.07) is 0. The van der Waals surface area contributed by atoms with E-state index in [4.69, 9.17) is 0 Å². The zero-order valence-electron chi connectivity index (χ0n) is 8.27. The van der Waals surface area contributed by atoms with Gasteiger partial charge in [-0.2, -0.15) is 0 Å². The average molecular weight is 172 g/mol. The second-order valence-electron chi connectivity index (χ2n) is 3.03. The number of esters is 1. The third-order valence-corrected chi connectivity index (χ3v) is 1.75. The summed E-state index contributed by atoms with van der Waals surface area (Å²) in [5.41, 5.74) is 0. The maximum Gasteiger partial charge on any atom is 0.305 e. The smallest absolute Gasteiger partial charge is 0.305 e. The normalized spacial score (nSPS) is 15.0. The monoisotopic (exact) mass is 172 g/mol. The van der Waals surface area contributed by atoms with E-state index >= 15 is 0 Å². The van der Waals surface area contributed by atoms with E-state index in [0.29, 0.717) is 13.0 Å². The molecule has 0 bridgehead atoms. The SMILES string of the molecule is CCCCCC.O=C1CCCO1. The van der Waals surface area contributed by atoms with Crippen molar-refractivity contribution in [2.24, 2.45) is 0 Å². The fourth-order valence-electron chi connectivity index (χ4n) is 0.975. The van der Waals surface area contributed by atoms with Gasteiger partial charge >= 0.3 is 5.97 Å². The Labute approximate surface area is 75.3 Å². The van der Waals surface area contributed by atoms with Crippen molar-refractivity contribution in [3.05, 3.63) is 0 Å². The number of hydrogen-bond donors (Lipinski definition) is 0. The predicted molar refractivity (Wildman–Crippen MR) is 50.0 cm³/mol. The summed E-state index contributed by atoms with van der Waals surface area (Å²) < 4.78 is 4.51. The molecule has 1 rings (SSSR count). The summed E-state index contributed by atoms with van der Waals surface area (Å²) >= 11 is 0. The minimum absolute atomic E-state index is 0.0463. The van der Waals surface area contributed by atoms with Gasteiger partial charge in [-0.25, -0.2) is 0 Å². The van der Waals surface area contributed by atoms with Gasteiger partial charge in [-0.15, -0.1) is 0 Å². The highest BCUT2D eigenvalue weighted by Gasteiger charge is 2.08. The molecule has 0 amide bonds. The Bertz CT molecular complexity index is 98.4. The van der Waals surface area contributed by atoms with Gasteiger partial charge in [0, 0.05) is 6.42 Å². The van der Waals surface area contributed by atoms with Gasteiger partial charge in [0.15, 0.2) is 0 Å². The molecule has 0 aromatic heterocycles. The molecule has 2 heteroatoms. The van der Waals surface area contributed by atoms with E-state index in [0.717, 1.165) is 6.42 Å². The van der Waals surface area contributed by atoms with Crippen LogP contribution < -0.4 is 0 Å². The van der Waals surface area contributed by atoms with Crippen LogP contribution in [0.5, 0.6) is 0 Å². The van der Waals surface area contributed by atoms with Crippen molar-refractivity contribution in [1.82, 2.24) is 0 Å². The maximum atomic E-state index is 10.0. The van der Waals surface area contributed by atoms with Crippen LogP contribution in [-0.4, -0.2) is 12.6 Å². The van der Waals surface area contributed by atoms with Crippen LogP contribution >= 0.6 is 0 Å². The molecule has 0 saturated carbocycles. The Kier molecular flexibility index (Phi) is 8.19. The van der Waals surface area contributed by atoms with Crippen molar-refractivity contribution in [3.8, 4) is 0 Å². The van der Waals surface area contributed by atoms with Crippen molar-refractivity contribution in [1.29, 1.82) is 0 Å². The highest BCUT2D eigenvalue weighted by molar-refractivity contribution is 5.70. The largest absolute Gasteiger partial charge is 0.466 e. The zero-order valence-corrected chi connectivity index (χ0v) is 8.27. The number of hydrogen-bond acceptors (Lipinski definition) is 2. The molecule has 0 aromatic carbocycles. The standard InChI is InChI=1S/C6H14.C4H6O2/c1-3-5-6-4-2;5-4-2-1-3-6-4/h3-6H2,1-2H3;1-3H2. The Hall–Kier alpha value is -0.530. The van der Waals surface area contributed by atoms with E-state index in [1.807, 2.05) is 0 Å². The zero-order chi connectivity index (χ0) is 9.23. The molecule has 1 aliphatic heterocycles. The first-order chi connectivity index (χ1) is 5.81. The molecule has 0 aromatic rings. The van der Waals surface area contributed by atoms with Crippen LogP contribution in [0.4, 0.5) is 0 Å². The Morgan fingerprint density at radius 2 is 1.83 bits per heavy atom. The summed E-state index contributed by atoms with van der Waals surface area (Å²) in [6.07, 6.45) is 7.08. The number of ether oxygens (including phenoxy) is 1. The molecule has 12 heavy (non-hydrogen) atoms. The Morgan fingerprint density at radius 1 is 1.25 bits per heavy atom. The van der Waals surface area contributed by atoms with E-state index < -0.39 is 0 Å². The van der Waals surface area contributed by atoms with Gasteiger partial charge in [0.05, 0.1) is 6.61 Å². The van der Waals surface area contributed by atoms with Gasteiger partial charge in [-0.05, 0) is 6.42 Å². The van der Waals surface area contributed by atoms with Gasteiger partial charge in [0.25, 0.3) is 0 Å². The Morgan fingerprint density at radius 3 is 2.00 bits per heavy atom. The highest BCUT2D eigenvalue weighted by Crippen LogP contribution is 2.01. The van der Waals surface area contributed by atoms with Gasteiger partial charge in [-0.3, -0.25) is 4.79 Å². The molecule has 1 saturated heterocycles. The highest BCUT2D eigenvalue weighted by atomic mass is 16.5. The van der Waals surface area contributed by atoms with Crippen LogP contribution in [0.1, 0.15) is 52.4 Å². The van der Waals surface area contributed by atoms with Gasteiger partial charge in [0.2, 0.25) is 0 Å². The van der Waals surface area contributed by atoms with Crippen molar-refractivity contribution in [3.63, 3.8) is 0 Å². The molecule has 0 unspecified atom stereocenters. The second-order valence-corrected chi connectivity index (χ2v) is 3.03. The van der Waals surface area contributed by atoms with Gasteiger partial charge < -0.3 is 4.74 Å². The number of cyclic esters (lactones) is 1. The van der Waals surface area contributed by atoms with E-state index in [1.165, 1.54) is 25.7 Å². The topological polar surface area (TPSA) is 26.3 Å². The molecule has 2 nitrogen and oxygen atoms in total. The quantitative estimate of drug-likeness (QED) is 0.483. The van der Waals surface area contributed by atoms with Gasteiger partial charge in [0.1, 0.15) is 0 Å². The lowest BCUT2D eigenvalue weighted by molar-refractivity contribution is -0.137. The third kappa shape index (κ3) is 7.58. The Balaban J connectivity index is 0.000000202. The molecule has 1 fully saturated rings. The third-order valence-electron chi connectivity index (χ3n) is 1.75. The molecule has 1 heterocycles. The minimum atomic E-state index is -0.0463. The van der Waals surface area contributed by atoms with Crippen LogP contribution in [0.3, 0.4) is 0 Å². The molecule has 72 valence electrons. The summed E-state index contributed by atoms with van der Waals surface area (Å²) in [5, 5.41) is 0. The lowest BCUT2D eigenvalue weighted by atomic mass is 10.2. The van der Waals surface area contributed by atoms with Crippen molar-refractivity contribution in [2.45, 2.75) is 52.4 Å². The van der Waals surface area contributed by atoms with E-state index in [-0.39, 0.29) is 5.97 Å². The summed E-state index contributed by atoms with van der Waals surface area (Å²) in [6.45, 7) is 5.10. The fourth-order valence-corrected chi connectivity index (χ4v) is 0.975. The maximum absolute atomic E-state index is 10.0. The van der Waals surface area contributed by atoms with Gasteiger partial charge in [-0.1, -0.05) is 39.5 Å². The number of rotatable bonds is 3. The molecular weight excluding hydrogens is 152 g/mol. The molecule has 0 N–H and O–H groups in total. The average Bonchev–Trinajstić information content (AvgIpc) is 2.53. The lowest BCUT2D eigenvalue weighted by Crippen LogP contribution is -1.88. The first kappa shape index (κ1) is 11.5. The van der Waals surface area contributed by atoms with E-state index in [9.17, 15) is 4.79 Å². The first-order valence-electron chi connectivity index (χ1n) is 4.96. The van der Waals surface area contributed by atoms with Crippen molar-refractivity contribution in [2.75, 3.05) is 6.61 Å². The van der Waals surface area contributed by atoms with E-state index in [1.54, 1.807) is 0 Å². The summed E-state index contributed by atoms with van der Waals surface area (Å²) in [5.74, 6) is -0.0463. The van der Waals surface area contributed by atoms with Crippen LogP contribution in [0.15, 0.2) is 0 Å². The molecule has 0 radical (unpaired) electrons. The molecule has 0 atom stereocenters. The predicted octanol–water partition coefficient (Wildman–Crippen LogP) is 2.91. The number of carbonyl (C=O) groups excluding carboxylic acids is 1. The lowest BCUT2D eigenvalue weighted by Gasteiger charge is -1.86. The molecule has 0 aliphatic carbocycles. The number of carbonyl (C=O) groups is 1. The minimum Gasteiger partial charge on any atom is -0.466 e. The molecular formula is C10H20O2. The van der Waals surface area contributed by atoms with Crippen LogP contribution in [0.25, 0.3) is 0 Å². The summed E-state index contributed by atoms with van der Waals surface area (Å²) in [4.78, 5) is 10.0. The van der Waals surface area contributed by atoms with Crippen molar-refractivity contribution >= 4 is 5.97 Å². The van der Waals surface area contributed by atoms with Crippen LogP contribution in [0, 0.1) is 0 Å². The number of unbranched alkanes of at least 4 members (excludes halogenated alkanes) is 3. The van der Waals surface area contributed by atoms with Crippen molar-refractivity contribution < 1.29 is 9.53 Å². The van der Waals surface area contributed by atoms with Crippen LogP contribution in [0.2, 0.25) is 0 Å².